The van der Waals surface area contributed by atoms with E-state index in [0.29, 0.717) is 0 Å². The van der Waals surface area contributed by atoms with Crippen molar-refractivity contribution in [2.45, 2.75) is 32.7 Å². The summed E-state index contributed by atoms with van der Waals surface area (Å²) in [6.45, 7) is 5.12. The van der Waals surface area contributed by atoms with Gasteiger partial charge in [-0.2, -0.15) is 0 Å². The molecule has 112 valence electrons. The predicted molar refractivity (Wildman–Crippen MR) is 92.4 cm³/mol. The first-order chi connectivity index (χ1) is 10.1. The summed E-state index contributed by atoms with van der Waals surface area (Å²) >= 11 is 12.4. The molecule has 0 saturated carbocycles. The fourth-order valence-corrected chi connectivity index (χ4v) is 2.89. The molecule has 0 amide bonds. The van der Waals surface area contributed by atoms with Gasteiger partial charge < -0.3 is 5.32 Å². The smallest absolute Gasteiger partial charge is 0.0454 e. The highest BCUT2D eigenvalue weighted by molar-refractivity contribution is 6.33. The van der Waals surface area contributed by atoms with Crippen LogP contribution in [0.15, 0.2) is 42.5 Å². The SMILES string of the molecule is CCNC(CCc1ccc(C)cc1)c1cc(Cl)ccc1Cl. The molecule has 2 rings (SSSR count). The maximum absolute atomic E-state index is 6.33. The number of aryl methyl sites for hydroxylation is 2. The van der Waals surface area contributed by atoms with Crippen LogP contribution >= 0.6 is 23.2 Å². The van der Waals surface area contributed by atoms with Crippen molar-refractivity contribution < 1.29 is 0 Å². The average Bonchev–Trinajstić information content (AvgIpc) is 2.48. The summed E-state index contributed by atoms with van der Waals surface area (Å²) in [5.74, 6) is 0. The van der Waals surface area contributed by atoms with Gasteiger partial charge in [-0.3, -0.25) is 0 Å². The van der Waals surface area contributed by atoms with Gasteiger partial charge in [0.1, 0.15) is 0 Å². The van der Waals surface area contributed by atoms with Gasteiger partial charge in [0, 0.05) is 16.1 Å². The van der Waals surface area contributed by atoms with Gasteiger partial charge in [-0.1, -0.05) is 60.0 Å². The lowest BCUT2D eigenvalue weighted by Crippen LogP contribution is -2.21. The molecule has 2 aromatic carbocycles. The van der Waals surface area contributed by atoms with E-state index in [0.717, 1.165) is 35.0 Å². The predicted octanol–water partition coefficient (Wildman–Crippen LogP) is 5.59. The van der Waals surface area contributed by atoms with Crippen molar-refractivity contribution in [3.63, 3.8) is 0 Å². The van der Waals surface area contributed by atoms with Crippen LogP contribution in [0.3, 0.4) is 0 Å². The molecule has 0 heterocycles. The molecule has 1 nitrogen and oxygen atoms in total. The van der Waals surface area contributed by atoms with E-state index in [4.69, 9.17) is 23.2 Å². The Morgan fingerprint density at radius 2 is 1.76 bits per heavy atom. The third kappa shape index (κ3) is 4.74. The van der Waals surface area contributed by atoms with Gasteiger partial charge in [-0.05, 0) is 55.6 Å². The molecule has 1 atom stereocenters. The van der Waals surface area contributed by atoms with E-state index >= 15 is 0 Å². The molecule has 1 unspecified atom stereocenters. The van der Waals surface area contributed by atoms with Crippen molar-refractivity contribution >= 4 is 23.2 Å². The number of hydrogen-bond acceptors (Lipinski definition) is 1. The minimum absolute atomic E-state index is 0.225. The van der Waals surface area contributed by atoms with Gasteiger partial charge in [0.25, 0.3) is 0 Å². The van der Waals surface area contributed by atoms with Crippen LogP contribution in [0.25, 0.3) is 0 Å². The lowest BCUT2D eigenvalue weighted by atomic mass is 9.98. The van der Waals surface area contributed by atoms with Gasteiger partial charge >= 0.3 is 0 Å². The van der Waals surface area contributed by atoms with Crippen molar-refractivity contribution in [1.82, 2.24) is 5.32 Å². The molecule has 0 fully saturated rings. The lowest BCUT2D eigenvalue weighted by Gasteiger charge is -2.20. The Kier molecular flexibility index (Phi) is 6.10. The standard InChI is InChI=1S/C18H21Cl2N/c1-3-21-18(16-12-15(19)9-10-17(16)20)11-8-14-6-4-13(2)5-7-14/h4-7,9-10,12,18,21H,3,8,11H2,1-2H3. The van der Waals surface area contributed by atoms with Crippen LogP contribution in [0, 0.1) is 6.92 Å². The normalized spacial score (nSPS) is 12.4. The molecule has 2 aromatic rings. The zero-order valence-electron chi connectivity index (χ0n) is 12.5. The van der Waals surface area contributed by atoms with E-state index in [2.05, 4.69) is 43.4 Å². The summed E-state index contributed by atoms with van der Waals surface area (Å²) in [6.07, 6.45) is 2.01. The largest absolute Gasteiger partial charge is 0.310 e. The minimum atomic E-state index is 0.225. The van der Waals surface area contributed by atoms with E-state index in [1.807, 2.05) is 18.2 Å². The summed E-state index contributed by atoms with van der Waals surface area (Å²) in [4.78, 5) is 0. The Morgan fingerprint density at radius 1 is 1.05 bits per heavy atom. The first-order valence-electron chi connectivity index (χ1n) is 7.34. The molecule has 0 bridgehead atoms. The third-order valence-corrected chi connectivity index (χ3v) is 4.21. The number of nitrogens with one attached hydrogen (secondary N) is 1. The average molecular weight is 322 g/mol. The highest BCUT2D eigenvalue weighted by Crippen LogP contribution is 2.29. The van der Waals surface area contributed by atoms with Crippen LogP contribution in [-0.4, -0.2) is 6.54 Å². The summed E-state index contributed by atoms with van der Waals surface area (Å²) in [7, 11) is 0. The molecular formula is C18H21Cl2N. The second-order valence-corrected chi connectivity index (χ2v) is 6.14. The molecule has 0 aliphatic heterocycles. The van der Waals surface area contributed by atoms with Crippen molar-refractivity contribution in [2.75, 3.05) is 6.54 Å². The maximum Gasteiger partial charge on any atom is 0.0454 e. The van der Waals surface area contributed by atoms with E-state index in [9.17, 15) is 0 Å². The highest BCUT2D eigenvalue weighted by Gasteiger charge is 2.14. The van der Waals surface area contributed by atoms with E-state index in [-0.39, 0.29) is 6.04 Å². The van der Waals surface area contributed by atoms with Crippen LogP contribution in [0.1, 0.15) is 36.1 Å². The van der Waals surface area contributed by atoms with Crippen LogP contribution < -0.4 is 5.32 Å². The Labute approximate surface area is 137 Å². The molecule has 0 spiro atoms. The number of hydrogen-bond donors (Lipinski definition) is 1. The Hall–Kier alpha value is -1.02. The van der Waals surface area contributed by atoms with E-state index < -0.39 is 0 Å². The first-order valence-corrected chi connectivity index (χ1v) is 8.09. The molecule has 0 radical (unpaired) electrons. The van der Waals surface area contributed by atoms with Gasteiger partial charge in [0.2, 0.25) is 0 Å². The molecule has 1 N–H and O–H groups in total. The molecule has 0 saturated heterocycles. The van der Waals surface area contributed by atoms with Gasteiger partial charge in [0.05, 0.1) is 0 Å². The van der Waals surface area contributed by atoms with E-state index in [1.165, 1.54) is 11.1 Å². The van der Waals surface area contributed by atoms with Crippen LogP contribution in [0.2, 0.25) is 10.0 Å². The zero-order chi connectivity index (χ0) is 15.2. The van der Waals surface area contributed by atoms with Crippen LogP contribution in [0.4, 0.5) is 0 Å². The number of benzene rings is 2. The third-order valence-electron chi connectivity index (χ3n) is 3.63. The summed E-state index contributed by atoms with van der Waals surface area (Å²) < 4.78 is 0. The highest BCUT2D eigenvalue weighted by atomic mass is 35.5. The fourth-order valence-electron chi connectivity index (χ4n) is 2.46. The van der Waals surface area contributed by atoms with Gasteiger partial charge in [-0.25, -0.2) is 0 Å². The monoisotopic (exact) mass is 321 g/mol. The quantitative estimate of drug-likeness (QED) is 0.731. The lowest BCUT2D eigenvalue weighted by molar-refractivity contribution is 0.515. The van der Waals surface area contributed by atoms with Crippen molar-refractivity contribution in [3.8, 4) is 0 Å². The Balaban J connectivity index is 2.11. The maximum atomic E-state index is 6.33. The minimum Gasteiger partial charge on any atom is -0.310 e. The molecule has 21 heavy (non-hydrogen) atoms. The zero-order valence-corrected chi connectivity index (χ0v) is 14.0. The molecular weight excluding hydrogens is 301 g/mol. The second kappa shape index (κ2) is 7.84. The fraction of sp³-hybridized carbons (Fsp3) is 0.333. The summed E-state index contributed by atoms with van der Waals surface area (Å²) in [5.41, 5.74) is 3.72. The first kappa shape index (κ1) is 16.4. The Bertz CT molecular complexity index is 578. The van der Waals surface area contributed by atoms with Crippen LogP contribution in [0.5, 0.6) is 0 Å². The van der Waals surface area contributed by atoms with Crippen molar-refractivity contribution in [1.29, 1.82) is 0 Å². The number of halogens is 2. The summed E-state index contributed by atoms with van der Waals surface area (Å²) in [6, 6.07) is 14.6. The molecule has 0 aromatic heterocycles. The molecule has 3 heteroatoms. The molecule has 0 aliphatic rings. The van der Waals surface area contributed by atoms with Crippen LogP contribution in [-0.2, 0) is 6.42 Å². The summed E-state index contributed by atoms with van der Waals surface area (Å²) in [5, 5.41) is 5.01. The Morgan fingerprint density at radius 3 is 2.43 bits per heavy atom. The molecule has 0 aliphatic carbocycles. The van der Waals surface area contributed by atoms with Crippen molar-refractivity contribution in [2.24, 2.45) is 0 Å². The van der Waals surface area contributed by atoms with Gasteiger partial charge in [-0.15, -0.1) is 0 Å². The van der Waals surface area contributed by atoms with E-state index in [1.54, 1.807) is 0 Å². The topological polar surface area (TPSA) is 12.0 Å². The van der Waals surface area contributed by atoms with Crippen molar-refractivity contribution in [3.05, 3.63) is 69.2 Å². The second-order valence-electron chi connectivity index (χ2n) is 5.30. The van der Waals surface area contributed by atoms with Gasteiger partial charge in [0.15, 0.2) is 0 Å². The number of rotatable bonds is 6.